The minimum absolute atomic E-state index is 0.129. The van der Waals surface area contributed by atoms with Crippen LogP contribution in [-0.4, -0.2) is 22.7 Å². The molecule has 0 radical (unpaired) electrons. The van der Waals surface area contributed by atoms with Crippen LogP contribution in [0.2, 0.25) is 0 Å². The topological polar surface area (TPSA) is 71.1 Å². The molecule has 0 aliphatic rings. The van der Waals surface area contributed by atoms with Gasteiger partial charge >= 0.3 is 6.18 Å². The summed E-state index contributed by atoms with van der Waals surface area (Å²) in [6, 6.07) is 11.6. The van der Waals surface area contributed by atoms with Crippen molar-refractivity contribution in [2.24, 2.45) is 0 Å². The van der Waals surface area contributed by atoms with E-state index >= 15 is 0 Å². The molecule has 3 rings (SSSR count). The number of rotatable bonds is 5. The Hall–Kier alpha value is -3.46. The van der Waals surface area contributed by atoms with Gasteiger partial charge in [-0.05, 0) is 42.5 Å². The van der Waals surface area contributed by atoms with Gasteiger partial charge in [0.05, 0.1) is 28.8 Å². The first-order valence-corrected chi connectivity index (χ1v) is 9.32. The van der Waals surface area contributed by atoms with Crippen molar-refractivity contribution in [3.05, 3.63) is 77.7 Å². The van der Waals surface area contributed by atoms with E-state index < -0.39 is 40.9 Å². The van der Waals surface area contributed by atoms with Crippen LogP contribution in [-0.2, 0) is 11.0 Å². The molecule has 0 spiro atoms. The molecule has 0 bridgehead atoms. The minimum atomic E-state index is -4.74. The maximum atomic E-state index is 13.8. The summed E-state index contributed by atoms with van der Waals surface area (Å²) in [6.45, 7) is 0. The monoisotopic (exact) mass is 451 g/mol. The first-order valence-electron chi connectivity index (χ1n) is 8.78. The van der Waals surface area contributed by atoms with Gasteiger partial charge in [-0.25, -0.2) is 4.39 Å². The third kappa shape index (κ3) is 5.37. The highest BCUT2D eigenvalue weighted by atomic mass is 35.5. The van der Waals surface area contributed by atoms with E-state index in [0.717, 1.165) is 12.1 Å². The fourth-order valence-corrected chi connectivity index (χ4v) is 2.79. The van der Waals surface area contributed by atoms with Crippen molar-refractivity contribution in [3.63, 3.8) is 0 Å². The number of benzene rings is 2. The van der Waals surface area contributed by atoms with Gasteiger partial charge in [0.1, 0.15) is 11.7 Å². The lowest BCUT2D eigenvalue weighted by molar-refractivity contribution is -0.137. The molecule has 3 aromatic rings. The van der Waals surface area contributed by atoms with E-state index in [9.17, 15) is 27.2 Å². The average molecular weight is 452 g/mol. The smallest absolute Gasteiger partial charge is 0.324 e. The van der Waals surface area contributed by atoms with Gasteiger partial charge in [-0.2, -0.15) is 13.2 Å². The zero-order valence-corrected chi connectivity index (χ0v) is 16.4. The highest BCUT2D eigenvalue weighted by molar-refractivity contribution is 6.29. The number of aromatic nitrogens is 1. The van der Waals surface area contributed by atoms with Crippen LogP contribution in [0.15, 0.2) is 60.8 Å². The van der Waals surface area contributed by atoms with E-state index in [4.69, 9.17) is 11.6 Å². The highest BCUT2D eigenvalue weighted by Gasteiger charge is 2.34. The van der Waals surface area contributed by atoms with E-state index in [1.54, 1.807) is 18.2 Å². The number of halogens is 5. The predicted octanol–water partition coefficient (Wildman–Crippen LogP) is 5.34. The Morgan fingerprint density at radius 3 is 2.35 bits per heavy atom. The van der Waals surface area contributed by atoms with E-state index in [1.807, 2.05) is 5.32 Å². The lowest BCUT2D eigenvalue weighted by Crippen LogP contribution is -2.19. The summed E-state index contributed by atoms with van der Waals surface area (Å²) >= 11 is 5.34. The van der Waals surface area contributed by atoms with Gasteiger partial charge < -0.3 is 10.6 Å². The SMILES string of the molecule is O=C(CCl)Nc1cc(C(=O)Nc2ccc(-c3ccccc3F)nc2)ccc1C(F)(F)F. The summed E-state index contributed by atoms with van der Waals surface area (Å²) in [6.07, 6.45) is -3.45. The third-order valence-electron chi connectivity index (χ3n) is 4.15. The van der Waals surface area contributed by atoms with Crippen LogP contribution in [0.3, 0.4) is 0 Å². The summed E-state index contributed by atoms with van der Waals surface area (Å²) in [4.78, 5) is 28.0. The Morgan fingerprint density at radius 1 is 1.00 bits per heavy atom. The van der Waals surface area contributed by atoms with E-state index in [2.05, 4.69) is 10.3 Å². The number of carbonyl (C=O) groups excluding carboxylic acids is 2. The van der Waals surface area contributed by atoms with Gasteiger partial charge in [0.15, 0.2) is 0 Å². The summed E-state index contributed by atoms with van der Waals surface area (Å²) in [5, 5.41) is 4.53. The van der Waals surface area contributed by atoms with Crippen LogP contribution in [0, 0.1) is 5.82 Å². The second kappa shape index (κ2) is 9.13. The van der Waals surface area contributed by atoms with Crippen molar-refractivity contribution in [1.29, 1.82) is 0 Å². The zero-order valence-electron chi connectivity index (χ0n) is 15.6. The van der Waals surface area contributed by atoms with Gasteiger partial charge in [0, 0.05) is 11.1 Å². The first-order chi connectivity index (χ1) is 14.7. The maximum Gasteiger partial charge on any atom is 0.418 e. The molecule has 2 aromatic carbocycles. The molecular formula is C21H14ClF4N3O2. The Kier molecular flexibility index (Phi) is 6.55. The summed E-state index contributed by atoms with van der Waals surface area (Å²) in [5.74, 6) is -2.58. The van der Waals surface area contributed by atoms with E-state index in [-0.39, 0.29) is 16.8 Å². The van der Waals surface area contributed by atoms with Gasteiger partial charge in [-0.1, -0.05) is 12.1 Å². The van der Waals surface area contributed by atoms with Crippen molar-refractivity contribution >= 4 is 34.8 Å². The molecule has 0 atom stereocenters. The fraction of sp³-hybridized carbons (Fsp3) is 0.0952. The normalized spacial score (nSPS) is 11.1. The number of nitrogens with zero attached hydrogens (tertiary/aromatic N) is 1. The molecule has 0 fully saturated rings. The Bertz CT molecular complexity index is 1120. The maximum absolute atomic E-state index is 13.8. The molecule has 160 valence electrons. The van der Waals surface area contributed by atoms with Gasteiger partial charge in [-0.3, -0.25) is 14.6 Å². The first kappa shape index (κ1) is 22.2. The molecule has 1 heterocycles. The second-order valence-corrected chi connectivity index (χ2v) is 6.57. The largest absolute Gasteiger partial charge is 0.418 e. The minimum Gasteiger partial charge on any atom is -0.324 e. The molecule has 10 heteroatoms. The third-order valence-corrected chi connectivity index (χ3v) is 4.40. The number of anilines is 2. The predicted molar refractivity (Wildman–Crippen MR) is 108 cm³/mol. The number of nitrogens with one attached hydrogen (secondary N) is 2. The van der Waals surface area contributed by atoms with Gasteiger partial charge in [0.25, 0.3) is 5.91 Å². The van der Waals surface area contributed by atoms with Crippen molar-refractivity contribution in [2.45, 2.75) is 6.18 Å². The van der Waals surface area contributed by atoms with Gasteiger partial charge in [-0.15, -0.1) is 11.6 Å². The van der Waals surface area contributed by atoms with E-state index in [1.165, 1.54) is 24.4 Å². The van der Waals surface area contributed by atoms with Crippen molar-refractivity contribution < 1.29 is 27.2 Å². The van der Waals surface area contributed by atoms with Crippen molar-refractivity contribution in [3.8, 4) is 11.3 Å². The molecule has 31 heavy (non-hydrogen) atoms. The number of hydrogen-bond donors (Lipinski definition) is 2. The van der Waals surface area contributed by atoms with Crippen LogP contribution in [0.4, 0.5) is 28.9 Å². The number of hydrogen-bond acceptors (Lipinski definition) is 3. The van der Waals surface area contributed by atoms with Gasteiger partial charge in [0.2, 0.25) is 5.91 Å². The van der Waals surface area contributed by atoms with Crippen LogP contribution in [0.25, 0.3) is 11.3 Å². The van der Waals surface area contributed by atoms with E-state index in [0.29, 0.717) is 11.8 Å². The Labute approximate surface area is 179 Å². The highest BCUT2D eigenvalue weighted by Crippen LogP contribution is 2.35. The number of pyridine rings is 1. The standard InChI is InChI=1S/C21H14ClF4N3O2/c22-10-19(30)29-18-9-12(5-7-15(18)21(24,25)26)20(31)28-13-6-8-17(27-11-13)14-3-1-2-4-16(14)23/h1-9,11H,10H2,(H,28,31)(H,29,30). The van der Waals surface area contributed by atoms with Crippen LogP contribution in [0.5, 0.6) is 0 Å². The quantitative estimate of drug-likeness (QED) is 0.406. The van der Waals surface area contributed by atoms with Crippen LogP contribution >= 0.6 is 11.6 Å². The van der Waals surface area contributed by atoms with Crippen molar-refractivity contribution in [1.82, 2.24) is 4.98 Å². The molecular weight excluding hydrogens is 438 g/mol. The van der Waals surface area contributed by atoms with Crippen LogP contribution in [0.1, 0.15) is 15.9 Å². The fourth-order valence-electron chi connectivity index (χ4n) is 2.72. The lowest BCUT2D eigenvalue weighted by Gasteiger charge is -2.15. The molecule has 5 nitrogen and oxygen atoms in total. The molecule has 0 aliphatic carbocycles. The zero-order chi connectivity index (χ0) is 22.6. The Morgan fingerprint density at radius 2 is 1.74 bits per heavy atom. The molecule has 0 saturated heterocycles. The number of amides is 2. The molecule has 0 unspecified atom stereocenters. The Balaban J connectivity index is 1.82. The summed E-state index contributed by atoms with van der Waals surface area (Å²) in [7, 11) is 0. The molecule has 1 aromatic heterocycles. The van der Waals surface area contributed by atoms with Crippen molar-refractivity contribution in [2.75, 3.05) is 16.5 Å². The number of carbonyl (C=O) groups is 2. The lowest BCUT2D eigenvalue weighted by atomic mass is 10.1. The average Bonchev–Trinajstić information content (AvgIpc) is 2.74. The van der Waals surface area contributed by atoms with Crippen LogP contribution < -0.4 is 10.6 Å². The molecule has 0 aliphatic heterocycles. The molecule has 2 N–H and O–H groups in total. The summed E-state index contributed by atoms with van der Waals surface area (Å²) < 4.78 is 53.4. The second-order valence-electron chi connectivity index (χ2n) is 6.31. The number of alkyl halides is 4. The molecule has 2 amide bonds. The molecule has 0 saturated carbocycles. The summed E-state index contributed by atoms with van der Waals surface area (Å²) in [5.41, 5.74) is -0.955.